The molecule has 1 spiro atoms. The van der Waals surface area contributed by atoms with E-state index in [4.69, 9.17) is 4.43 Å². The van der Waals surface area contributed by atoms with Gasteiger partial charge in [0.25, 0.3) is 0 Å². The van der Waals surface area contributed by atoms with E-state index in [-0.39, 0.29) is 0 Å². The molecule has 3 heteroatoms. The molecule has 2 rings (SSSR count). The van der Waals surface area contributed by atoms with E-state index in [1.165, 1.54) is 25.7 Å². The van der Waals surface area contributed by atoms with Crippen LogP contribution in [0, 0.1) is 5.41 Å². The van der Waals surface area contributed by atoms with E-state index in [1.807, 2.05) is 0 Å². The van der Waals surface area contributed by atoms with Crippen molar-refractivity contribution in [1.82, 2.24) is 0 Å². The van der Waals surface area contributed by atoms with Gasteiger partial charge in [0.05, 0.1) is 0 Å². The molecule has 2 aliphatic rings. The van der Waals surface area contributed by atoms with Crippen LogP contribution >= 0.6 is 0 Å². The molecule has 0 unspecified atom stereocenters. The van der Waals surface area contributed by atoms with Crippen LogP contribution in [0.1, 0.15) is 72.1 Å². The first-order valence-electron chi connectivity index (χ1n) is 8.33. The Morgan fingerprint density at radius 1 is 1.05 bits per heavy atom. The number of ketones is 1. The minimum atomic E-state index is -1.62. The highest BCUT2D eigenvalue weighted by Gasteiger charge is 2.43. The zero-order valence-corrected chi connectivity index (χ0v) is 15.1. The quantitative estimate of drug-likeness (QED) is 0.664. The van der Waals surface area contributed by atoms with E-state index in [0.717, 1.165) is 25.7 Å². The molecule has 20 heavy (non-hydrogen) atoms. The fourth-order valence-electron chi connectivity index (χ4n) is 3.47. The van der Waals surface area contributed by atoms with E-state index >= 15 is 0 Å². The van der Waals surface area contributed by atoms with Gasteiger partial charge in [-0.15, -0.1) is 0 Å². The van der Waals surface area contributed by atoms with E-state index in [2.05, 4.69) is 33.9 Å². The number of hydrogen-bond donors (Lipinski definition) is 0. The van der Waals surface area contributed by atoms with Crippen LogP contribution < -0.4 is 0 Å². The Balaban J connectivity index is 1.87. The van der Waals surface area contributed by atoms with Crippen molar-refractivity contribution < 1.29 is 9.22 Å². The van der Waals surface area contributed by atoms with E-state index < -0.39 is 8.32 Å². The zero-order valence-electron chi connectivity index (χ0n) is 14.1. The third-order valence-electron chi connectivity index (χ3n) is 6.13. The standard InChI is InChI=1S/C17H32O2Si/c1-16(2,3)20(4,5)19-15-8-12-17(13-9-15)10-6-14(18)7-11-17/h15H,6-13H2,1-5H3. The Bertz CT molecular complexity index is 348. The van der Waals surface area contributed by atoms with Gasteiger partial charge in [-0.05, 0) is 62.1 Å². The summed E-state index contributed by atoms with van der Waals surface area (Å²) in [4.78, 5) is 11.4. The fraction of sp³-hybridized carbons (Fsp3) is 0.941. The number of Topliss-reactive ketones (excluding diaryl/α,β-unsaturated/α-hetero) is 1. The second-order valence-corrected chi connectivity index (χ2v) is 13.4. The summed E-state index contributed by atoms with van der Waals surface area (Å²) >= 11 is 0. The van der Waals surface area contributed by atoms with Crippen molar-refractivity contribution in [1.29, 1.82) is 0 Å². The maximum Gasteiger partial charge on any atom is 0.192 e. The molecule has 2 fully saturated rings. The second kappa shape index (κ2) is 5.56. The number of carbonyl (C=O) groups excluding carboxylic acids is 1. The van der Waals surface area contributed by atoms with Crippen LogP contribution in [0.2, 0.25) is 18.1 Å². The molecule has 2 nitrogen and oxygen atoms in total. The van der Waals surface area contributed by atoms with Gasteiger partial charge in [-0.2, -0.15) is 0 Å². The lowest BCUT2D eigenvalue weighted by atomic mass is 9.65. The molecule has 116 valence electrons. The van der Waals surface area contributed by atoms with Crippen molar-refractivity contribution in [3.63, 3.8) is 0 Å². The molecule has 0 heterocycles. The fourth-order valence-corrected chi connectivity index (χ4v) is 4.90. The van der Waals surface area contributed by atoms with Crippen molar-refractivity contribution in [2.45, 2.75) is 96.4 Å². The highest BCUT2D eigenvalue weighted by atomic mass is 28.4. The van der Waals surface area contributed by atoms with Crippen LogP contribution in [0.25, 0.3) is 0 Å². The molecule has 0 bridgehead atoms. The van der Waals surface area contributed by atoms with Gasteiger partial charge in [0.15, 0.2) is 8.32 Å². The van der Waals surface area contributed by atoms with Crippen molar-refractivity contribution in [3.05, 3.63) is 0 Å². The first kappa shape index (κ1) is 16.2. The van der Waals surface area contributed by atoms with Crippen molar-refractivity contribution >= 4 is 14.1 Å². The first-order chi connectivity index (χ1) is 9.14. The third-order valence-corrected chi connectivity index (χ3v) is 10.7. The van der Waals surface area contributed by atoms with Gasteiger partial charge >= 0.3 is 0 Å². The van der Waals surface area contributed by atoms with Gasteiger partial charge in [0.2, 0.25) is 0 Å². The molecule has 0 saturated heterocycles. The monoisotopic (exact) mass is 296 g/mol. The second-order valence-electron chi connectivity index (χ2n) is 8.62. The maximum atomic E-state index is 11.4. The average molecular weight is 297 g/mol. The Labute approximate surface area is 125 Å². The largest absolute Gasteiger partial charge is 0.414 e. The third kappa shape index (κ3) is 3.54. The molecule has 0 aliphatic heterocycles. The Hall–Kier alpha value is -0.153. The van der Waals surface area contributed by atoms with Crippen molar-refractivity contribution in [3.8, 4) is 0 Å². The van der Waals surface area contributed by atoms with Crippen LogP contribution in [0.5, 0.6) is 0 Å². The summed E-state index contributed by atoms with van der Waals surface area (Å²) < 4.78 is 6.57. The molecule has 0 N–H and O–H groups in total. The Kier molecular flexibility index (Phi) is 4.51. The minimum Gasteiger partial charge on any atom is -0.414 e. The van der Waals surface area contributed by atoms with Gasteiger partial charge in [0, 0.05) is 18.9 Å². The normalized spacial score (nSPS) is 25.1. The lowest BCUT2D eigenvalue weighted by Crippen LogP contribution is -2.45. The number of rotatable bonds is 2. The van der Waals surface area contributed by atoms with Crippen LogP contribution in [0.4, 0.5) is 0 Å². The molecule has 0 aromatic carbocycles. The Morgan fingerprint density at radius 3 is 2.00 bits per heavy atom. The first-order valence-corrected chi connectivity index (χ1v) is 11.2. The Morgan fingerprint density at radius 2 is 1.55 bits per heavy atom. The SMILES string of the molecule is CC(C)(C)[Si](C)(C)OC1CCC2(CCC(=O)CC2)CC1. The molecule has 0 atom stereocenters. The highest BCUT2D eigenvalue weighted by Crippen LogP contribution is 2.48. The smallest absolute Gasteiger partial charge is 0.192 e. The van der Waals surface area contributed by atoms with Crippen molar-refractivity contribution in [2.24, 2.45) is 5.41 Å². The van der Waals surface area contributed by atoms with Crippen LogP contribution in [-0.2, 0) is 9.22 Å². The van der Waals surface area contributed by atoms with Crippen LogP contribution in [0.15, 0.2) is 0 Å². The summed E-state index contributed by atoms with van der Waals surface area (Å²) in [6, 6.07) is 0. The summed E-state index contributed by atoms with van der Waals surface area (Å²) in [5.74, 6) is 0.482. The van der Waals surface area contributed by atoms with E-state index in [0.29, 0.717) is 22.3 Å². The predicted molar refractivity (Wildman–Crippen MR) is 86.4 cm³/mol. The average Bonchev–Trinajstić information content (AvgIpc) is 2.35. The molecule has 0 aromatic rings. The van der Waals surface area contributed by atoms with Gasteiger partial charge in [-0.1, -0.05) is 20.8 Å². The van der Waals surface area contributed by atoms with Gasteiger partial charge in [-0.3, -0.25) is 4.79 Å². The molecule has 2 aliphatic carbocycles. The lowest BCUT2D eigenvalue weighted by Gasteiger charge is -2.46. The molecule has 0 radical (unpaired) electrons. The molecular formula is C17H32O2Si. The highest BCUT2D eigenvalue weighted by molar-refractivity contribution is 6.74. The molecular weight excluding hydrogens is 264 g/mol. The number of hydrogen-bond acceptors (Lipinski definition) is 2. The molecule has 2 saturated carbocycles. The summed E-state index contributed by atoms with van der Waals surface area (Å²) in [7, 11) is -1.62. The van der Waals surface area contributed by atoms with E-state index in [9.17, 15) is 4.79 Å². The lowest BCUT2D eigenvalue weighted by molar-refractivity contribution is -0.123. The van der Waals surface area contributed by atoms with Gasteiger partial charge < -0.3 is 4.43 Å². The van der Waals surface area contributed by atoms with Crippen LogP contribution in [0.3, 0.4) is 0 Å². The molecule has 0 aromatic heterocycles. The van der Waals surface area contributed by atoms with Gasteiger partial charge in [-0.25, -0.2) is 0 Å². The van der Waals surface area contributed by atoms with E-state index in [1.54, 1.807) is 0 Å². The van der Waals surface area contributed by atoms with Crippen molar-refractivity contribution in [2.75, 3.05) is 0 Å². The summed E-state index contributed by atoms with van der Waals surface area (Å²) in [5, 5.41) is 0.305. The summed E-state index contributed by atoms with van der Waals surface area (Å²) in [6.45, 7) is 11.7. The van der Waals surface area contributed by atoms with Gasteiger partial charge in [0.1, 0.15) is 5.78 Å². The summed E-state index contributed by atoms with van der Waals surface area (Å²) in [6.07, 6.45) is 9.37. The minimum absolute atomic E-state index is 0.305. The maximum absolute atomic E-state index is 11.4. The summed E-state index contributed by atoms with van der Waals surface area (Å²) in [5.41, 5.74) is 0.487. The topological polar surface area (TPSA) is 26.3 Å². The molecule has 0 amide bonds. The number of carbonyl (C=O) groups is 1. The predicted octanol–water partition coefficient (Wildman–Crippen LogP) is 5.08. The van der Waals surface area contributed by atoms with Crippen LogP contribution in [-0.4, -0.2) is 20.2 Å². The zero-order chi connectivity index (χ0) is 15.0.